The minimum atomic E-state index is -3.53. The standard InChI is InChI=1S/C12H18N4O3S/c1-10(13)12(17)15-5-7-16(8-6-15)20(18,19)11-3-2-4-14-9-11/h2-4,9-10H,5-8,13H2,1H3/t10-/m1/s1. The van der Waals surface area contributed by atoms with Crippen LogP contribution in [0.15, 0.2) is 29.4 Å². The minimum Gasteiger partial charge on any atom is -0.339 e. The Labute approximate surface area is 118 Å². The molecular weight excluding hydrogens is 280 g/mol. The lowest BCUT2D eigenvalue weighted by Crippen LogP contribution is -2.53. The van der Waals surface area contributed by atoms with Crippen LogP contribution in [0.25, 0.3) is 0 Å². The largest absolute Gasteiger partial charge is 0.339 e. The monoisotopic (exact) mass is 298 g/mol. The molecule has 1 aliphatic rings. The predicted octanol–water partition coefficient (Wildman–Crippen LogP) is -0.738. The summed E-state index contributed by atoms with van der Waals surface area (Å²) in [6.07, 6.45) is 2.85. The van der Waals surface area contributed by atoms with Crippen molar-refractivity contribution in [2.75, 3.05) is 26.2 Å². The van der Waals surface area contributed by atoms with Crippen molar-refractivity contribution in [3.05, 3.63) is 24.5 Å². The average Bonchev–Trinajstić information content (AvgIpc) is 2.47. The lowest BCUT2D eigenvalue weighted by Gasteiger charge is -2.34. The van der Waals surface area contributed by atoms with Gasteiger partial charge in [0.15, 0.2) is 0 Å². The number of pyridine rings is 1. The van der Waals surface area contributed by atoms with Gasteiger partial charge in [-0.05, 0) is 19.1 Å². The van der Waals surface area contributed by atoms with Crippen LogP contribution < -0.4 is 5.73 Å². The van der Waals surface area contributed by atoms with Crippen LogP contribution >= 0.6 is 0 Å². The van der Waals surface area contributed by atoms with Crippen molar-refractivity contribution in [1.29, 1.82) is 0 Å². The average molecular weight is 298 g/mol. The summed E-state index contributed by atoms with van der Waals surface area (Å²) in [5, 5.41) is 0. The van der Waals surface area contributed by atoms with Gasteiger partial charge in [-0.25, -0.2) is 8.42 Å². The van der Waals surface area contributed by atoms with Gasteiger partial charge in [0.25, 0.3) is 0 Å². The van der Waals surface area contributed by atoms with Crippen LogP contribution in [-0.4, -0.2) is 60.7 Å². The highest BCUT2D eigenvalue weighted by Gasteiger charge is 2.30. The summed E-state index contributed by atoms with van der Waals surface area (Å²) >= 11 is 0. The maximum absolute atomic E-state index is 12.4. The molecule has 2 N–H and O–H groups in total. The Morgan fingerprint density at radius 2 is 2.00 bits per heavy atom. The third kappa shape index (κ3) is 2.97. The summed E-state index contributed by atoms with van der Waals surface area (Å²) in [5.41, 5.74) is 5.55. The summed E-state index contributed by atoms with van der Waals surface area (Å²) in [7, 11) is -3.53. The molecule has 8 heteroatoms. The molecule has 0 aromatic carbocycles. The fourth-order valence-electron chi connectivity index (χ4n) is 2.09. The van der Waals surface area contributed by atoms with E-state index in [2.05, 4.69) is 4.98 Å². The Morgan fingerprint density at radius 3 is 2.50 bits per heavy atom. The molecule has 0 spiro atoms. The molecule has 7 nitrogen and oxygen atoms in total. The first-order valence-corrected chi connectivity index (χ1v) is 7.81. The number of rotatable bonds is 3. The number of amides is 1. The number of nitrogens with zero attached hydrogens (tertiary/aromatic N) is 3. The Bertz CT molecular complexity index is 566. The van der Waals surface area contributed by atoms with Gasteiger partial charge in [-0.2, -0.15) is 4.31 Å². The van der Waals surface area contributed by atoms with Crippen molar-refractivity contribution in [1.82, 2.24) is 14.2 Å². The van der Waals surface area contributed by atoms with E-state index in [1.165, 1.54) is 22.8 Å². The fourth-order valence-corrected chi connectivity index (χ4v) is 3.47. The molecule has 20 heavy (non-hydrogen) atoms. The zero-order chi connectivity index (χ0) is 14.8. The van der Waals surface area contributed by atoms with E-state index in [4.69, 9.17) is 5.73 Å². The van der Waals surface area contributed by atoms with Crippen molar-refractivity contribution < 1.29 is 13.2 Å². The number of piperazine rings is 1. The number of sulfonamides is 1. The number of aromatic nitrogens is 1. The Balaban J connectivity index is 2.06. The number of hydrogen-bond acceptors (Lipinski definition) is 5. The molecule has 1 aromatic rings. The van der Waals surface area contributed by atoms with Gasteiger partial charge in [-0.1, -0.05) is 0 Å². The molecule has 0 aliphatic carbocycles. The Morgan fingerprint density at radius 1 is 1.35 bits per heavy atom. The second-order valence-corrected chi connectivity index (χ2v) is 6.64. The van der Waals surface area contributed by atoms with Crippen molar-refractivity contribution in [3.63, 3.8) is 0 Å². The molecule has 1 aliphatic heterocycles. The maximum Gasteiger partial charge on any atom is 0.244 e. The van der Waals surface area contributed by atoms with Gasteiger partial charge in [0, 0.05) is 38.6 Å². The van der Waals surface area contributed by atoms with Crippen molar-refractivity contribution in [2.24, 2.45) is 5.73 Å². The molecule has 1 fully saturated rings. The third-order valence-electron chi connectivity index (χ3n) is 3.21. The van der Waals surface area contributed by atoms with Gasteiger partial charge in [0.2, 0.25) is 15.9 Å². The van der Waals surface area contributed by atoms with Crippen LogP contribution in [0, 0.1) is 0 Å². The molecule has 1 amide bonds. The zero-order valence-corrected chi connectivity index (χ0v) is 12.1. The van der Waals surface area contributed by atoms with Gasteiger partial charge in [-0.15, -0.1) is 0 Å². The molecule has 1 saturated heterocycles. The van der Waals surface area contributed by atoms with Gasteiger partial charge in [-0.3, -0.25) is 9.78 Å². The highest BCUT2D eigenvalue weighted by Crippen LogP contribution is 2.16. The van der Waals surface area contributed by atoms with Crippen LogP contribution in [0.3, 0.4) is 0 Å². The number of carbonyl (C=O) groups is 1. The number of nitrogens with two attached hydrogens (primary N) is 1. The molecule has 110 valence electrons. The van der Waals surface area contributed by atoms with Crippen molar-refractivity contribution in [2.45, 2.75) is 17.9 Å². The van der Waals surface area contributed by atoms with Crippen molar-refractivity contribution in [3.8, 4) is 0 Å². The van der Waals surface area contributed by atoms with Crippen molar-refractivity contribution >= 4 is 15.9 Å². The minimum absolute atomic E-state index is 0.150. The van der Waals surface area contributed by atoms with Crippen LogP contribution in [0.1, 0.15) is 6.92 Å². The smallest absolute Gasteiger partial charge is 0.244 e. The summed E-state index contributed by atoms with van der Waals surface area (Å²) in [6.45, 7) is 2.90. The van der Waals surface area contributed by atoms with E-state index >= 15 is 0 Å². The van der Waals surface area contributed by atoms with E-state index in [0.717, 1.165) is 0 Å². The molecule has 0 unspecified atom stereocenters. The normalized spacial score (nSPS) is 18.8. The summed E-state index contributed by atoms with van der Waals surface area (Å²) in [4.78, 5) is 17.3. The first kappa shape index (κ1) is 14.9. The highest BCUT2D eigenvalue weighted by atomic mass is 32.2. The second kappa shape index (κ2) is 5.86. The van der Waals surface area contributed by atoms with E-state index in [9.17, 15) is 13.2 Å². The Kier molecular flexibility index (Phi) is 4.36. The highest BCUT2D eigenvalue weighted by molar-refractivity contribution is 7.89. The van der Waals surface area contributed by atoms with Gasteiger partial charge >= 0.3 is 0 Å². The van der Waals surface area contributed by atoms with Gasteiger partial charge in [0.1, 0.15) is 4.90 Å². The number of carbonyl (C=O) groups excluding carboxylic acids is 1. The molecular formula is C12H18N4O3S. The quantitative estimate of drug-likeness (QED) is 0.793. The summed E-state index contributed by atoms with van der Waals surface area (Å²) < 4.78 is 26.1. The predicted molar refractivity (Wildman–Crippen MR) is 73.2 cm³/mol. The second-order valence-electron chi connectivity index (χ2n) is 4.71. The topological polar surface area (TPSA) is 96.6 Å². The molecule has 1 atom stereocenters. The molecule has 2 rings (SSSR count). The summed E-state index contributed by atoms with van der Waals surface area (Å²) in [6, 6.07) is 2.54. The SMILES string of the molecule is C[C@@H](N)C(=O)N1CCN(S(=O)(=O)c2cccnc2)CC1. The summed E-state index contributed by atoms with van der Waals surface area (Å²) in [5.74, 6) is -0.150. The molecule has 2 heterocycles. The van der Waals surface area contributed by atoms with Gasteiger partial charge < -0.3 is 10.6 Å². The molecule has 0 radical (unpaired) electrons. The van der Waals surface area contributed by atoms with Crippen LogP contribution in [0.4, 0.5) is 0 Å². The third-order valence-corrected chi connectivity index (χ3v) is 5.09. The van der Waals surface area contributed by atoms with Crippen LogP contribution in [0.2, 0.25) is 0 Å². The van der Waals surface area contributed by atoms with Crippen LogP contribution in [0.5, 0.6) is 0 Å². The van der Waals surface area contributed by atoms with E-state index in [0.29, 0.717) is 13.1 Å². The first-order chi connectivity index (χ1) is 9.43. The molecule has 0 bridgehead atoms. The fraction of sp³-hybridized carbons (Fsp3) is 0.500. The molecule has 0 saturated carbocycles. The first-order valence-electron chi connectivity index (χ1n) is 6.37. The lowest BCUT2D eigenvalue weighted by atomic mass is 10.2. The van der Waals surface area contributed by atoms with Gasteiger partial charge in [0.05, 0.1) is 6.04 Å². The van der Waals surface area contributed by atoms with E-state index in [1.807, 2.05) is 0 Å². The molecule has 1 aromatic heterocycles. The van der Waals surface area contributed by atoms with E-state index in [1.54, 1.807) is 17.9 Å². The van der Waals surface area contributed by atoms with E-state index < -0.39 is 16.1 Å². The zero-order valence-electron chi connectivity index (χ0n) is 11.3. The lowest BCUT2D eigenvalue weighted by molar-refractivity contribution is -0.133. The van der Waals surface area contributed by atoms with Crippen LogP contribution in [-0.2, 0) is 14.8 Å². The maximum atomic E-state index is 12.4. The van der Waals surface area contributed by atoms with E-state index in [-0.39, 0.29) is 23.9 Å². The Hall–Kier alpha value is -1.51. The number of hydrogen-bond donors (Lipinski definition) is 1.